The highest BCUT2D eigenvalue weighted by Crippen LogP contribution is 2.28. The number of hydrogen-bond acceptors (Lipinski definition) is 3. The van der Waals surface area contributed by atoms with Crippen molar-refractivity contribution >= 4 is 22.7 Å². The number of fused-ring (bicyclic) bond motifs is 1. The van der Waals surface area contributed by atoms with Crippen LogP contribution in [0.2, 0.25) is 0 Å². The van der Waals surface area contributed by atoms with E-state index in [-0.39, 0.29) is 17.4 Å². The summed E-state index contributed by atoms with van der Waals surface area (Å²) in [7, 11) is 4.98. The summed E-state index contributed by atoms with van der Waals surface area (Å²) in [5, 5.41) is 12.5. The summed E-state index contributed by atoms with van der Waals surface area (Å²) in [6, 6.07) is 14.6. The maximum atomic E-state index is 12.2. The van der Waals surface area contributed by atoms with Gasteiger partial charge in [-0.2, -0.15) is 0 Å². The molecule has 0 fully saturated rings. The van der Waals surface area contributed by atoms with Gasteiger partial charge in [0.15, 0.2) is 0 Å². The maximum Gasteiger partial charge on any atom is 0.326 e. The third-order valence-corrected chi connectivity index (χ3v) is 4.23. The molecule has 2 amide bonds. The third-order valence-electron chi connectivity index (χ3n) is 4.23. The van der Waals surface area contributed by atoms with Crippen molar-refractivity contribution in [2.45, 2.75) is 0 Å². The van der Waals surface area contributed by atoms with Crippen LogP contribution in [0, 0.1) is 5.41 Å². The number of nitrogens with one attached hydrogen (secondary N) is 2. The number of carbonyl (C=O) groups is 2. The second-order valence-corrected chi connectivity index (χ2v) is 6.17. The van der Waals surface area contributed by atoms with Crippen LogP contribution in [0.25, 0.3) is 21.9 Å². The molecule has 1 heterocycles. The fraction of sp³-hybridized carbons (Fsp3) is 0.150. The average molecular weight is 348 g/mol. The molecule has 2 aromatic carbocycles. The fourth-order valence-corrected chi connectivity index (χ4v) is 2.89. The summed E-state index contributed by atoms with van der Waals surface area (Å²) in [5.74, 6) is -0.0444. The number of nitrogens with zero attached hydrogens (tertiary/aromatic N) is 2. The van der Waals surface area contributed by atoms with Gasteiger partial charge in [-0.25, -0.2) is 4.79 Å². The van der Waals surface area contributed by atoms with Gasteiger partial charge in [-0.15, -0.1) is 0 Å². The smallest absolute Gasteiger partial charge is 0.326 e. The topological polar surface area (TPSA) is 78.2 Å². The number of rotatable bonds is 2. The molecule has 0 radical (unpaired) electrons. The van der Waals surface area contributed by atoms with E-state index in [1.807, 2.05) is 36.4 Å². The van der Waals surface area contributed by atoms with Crippen LogP contribution in [0.1, 0.15) is 10.4 Å². The first-order valence-electron chi connectivity index (χ1n) is 8.16. The van der Waals surface area contributed by atoms with E-state index in [4.69, 9.17) is 5.41 Å². The Hall–Kier alpha value is -3.41. The number of aromatic nitrogens is 1. The highest BCUT2D eigenvalue weighted by molar-refractivity contribution is 6.02. The number of hydrogen-bond donors (Lipinski definition) is 2. The van der Waals surface area contributed by atoms with Crippen LogP contribution in [0.15, 0.2) is 54.7 Å². The van der Waals surface area contributed by atoms with E-state index in [1.54, 1.807) is 37.3 Å². The highest BCUT2D eigenvalue weighted by Gasteiger charge is 2.11. The van der Waals surface area contributed by atoms with Crippen LogP contribution in [-0.4, -0.2) is 42.5 Å². The van der Waals surface area contributed by atoms with Crippen LogP contribution >= 0.6 is 0 Å². The molecule has 1 aromatic heterocycles. The Morgan fingerprint density at radius 1 is 1.08 bits per heavy atom. The summed E-state index contributed by atoms with van der Waals surface area (Å²) in [4.78, 5) is 25.5. The molecular weight excluding hydrogens is 328 g/mol. The van der Waals surface area contributed by atoms with Gasteiger partial charge in [0.1, 0.15) is 5.49 Å². The minimum Gasteiger partial charge on any atom is -0.345 e. The second-order valence-electron chi connectivity index (χ2n) is 6.17. The predicted molar refractivity (Wildman–Crippen MR) is 101 cm³/mol. The van der Waals surface area contributed by atoms with Gasteiger partial charge in [0.2, 0.25) is 0 Å². The zero-order valence-electron chi connectivity index (χ0n) is 14.9. The molecule has 0 saturated carbocycles. The molecule has 0 spiro atoms. The molecule has 6 nitrogen and oxygen atoms in total. The van der Waals surface area contributed by atoms with Crippen LogP contribution in [0.3, 0.4) is 0 Å². The van der Waals surface area contributed by atoms with E-state index < -0.39 is 0 Å². The van der Waals surface area contributed by atoms with Crippen molar-refractivity contribution < 1.29 is 9.59 Å². The molecule has 0 bridgehead atoms. The lowest BCUT2D eigenvalue weighted by Crippen LogP contribution is -2.33. The molecule has 26 heavy (non-hydrogen) atoms. The van der Waals surface area contributed by atoms with Crippen LogP contribution < -0.4 is 10.8 Å². The minimum absolute atomic E-state index is 0.0444. The van der Waals surface area contributed by atoms with Crippen molar-refractivity contribution in [2.24, 2.45) is 0 Å². The lowest BCUT2D eigenvalue weighted by Gasteiger charge is -2.13. The van der Waals surface area contributed by atoms with E-state index in [2.05, 4.69) is 5.32 Å². The molecule has 6 heteroatoms. The molecule has 0 saturated heterocycles. The Labute approximate surface area is 151 Å². The summed E-state index contributed by atoms with van der Waals surface area (Å²) in [6.45, 7) is 0. The third kappa shape index (κ3) is 3.09. The zero-order chi connectivity index (χ0) is 18.8. The van der Waals surface area contributed by atoms with Crippen LogP contribution in [0.5, 0.6) is 0 Å². The molecule has 0 unspecified atom stereocenters. The van der Waals surface area contributed by atoms with Gasteiger partial charge < -0.3 is 10.2 Å². The van der Waals surface area contributed by atoms with Crippen LogP contribution in [0.4, 0.5) is 4.79 Å². The van der Waals surface area contributed by atoms with E-state index >= 15 is 0 Å². The molecule has 0 aliphatic heterocycles. The fourth-order valence-electron chi connectivity index (χ4n) is 2.89. The molecule has 2 N–H and O–H groups in total. The Kier molecular flexibility index (Phi) is 4.58. The van der Waals surface area contributed by atoms with Gasteiger partial charge >= 0.3 is 6.03 Å². The normalized spacial score (nSPS) is 10.6. The largest absolute Gasteiger partial charge is 0.345 e. The Morgan fingerprint density at radius 2 is 1.85 bits per heavy atom. The van der Waals surface area contributed by atoms with Crippen molar-refractivity contribution in [3.05, 3.63) is 65.8 Å². The molecular formula is C20H20N4O2. The van der Waals surface area contributed by atoms with E-state index in [0.717, 1.165) is 21.9 Å². The van der Waals surface area contributed by atoms with Crippen molar-refractivity contribution in [2.75, 3.05) is 21.1 Å². The van der Waals surface area contributed by atoms with Gasteiger partial charge in [-0.3, -0.25) is 14.8 Å². The molecule has 0 atom stereocenters. The maximum absolute atomic E-state index is 12.2. The Morgan fingerprint density at radius 3 is 2.50 bits per heavy atom. The van der Waals surface area contributed by atoms with Crippen molar-refractivity contribution in [3.63, 3.8) is 0 Å². The second kappa shape index (κ2) is 6.84. The Balaban J connectivity index is 2.11. The van der Waals surface area contributed by atoms with Gasteiger partial charge in [-0.05, 0) is 46.2 Å². The van der Waals surface area contributed by atoms with E-state index in [1.165, 1.54) is 11.6 Å². The van der Waals surface area contributed by atoms with Crippen molar-refractivity contribution in [3.8, 4) is 11.1 Å². The monoisotopic (exact) mass is 348 g/mol. The van der Waals surface area contributed by atoms with Gasteiger partial charge in [0.05, 0.1) is 0 Å². The molecule has 3 rings (SSSR count). The number of amides is 2. The summed E-state index contributed by atoms with van der Waals surface area (Å²) >= 11 is 0. The lowest BCUT2D eigenvalue weighted by atomic mass is 9.97. The first-order valence-corrected chi connectivity index (χ1v) is 8.16. The summed E-state index contributed by atoms with van der Waals surface area (Å²) in [5.41, 5.74) is 2.51. The predicted octanol–water partition coefficient (Wildman–Crippen LogP) is 2.68. The average Bonchev–Trinajstić information content (AvgIpc) is 2.65. The van der Waals surface area contributed by atoms with Crippen LogP contribution in [-0.2, 0) is 0 Å². The molecule has 0 aliphatic rings. The van der Waals surface area contributed by atoms with Gasteiger partial charge in [-0.1, -0.05) is 24.3 Å². The highest BCUT2D eigenvalue weighted by atomic mass is 16.2. The zero-order valence-corrected chi connectivity index (χ0v) is 14.9. The number of pyridine rings is 1. The van der Waals surface area contributed by atoms with Gasteiger partial charge in [0, 0.05) is 32.9 Å². The van der Waals surface area contributed by atoms with E-state index in [0.29, 0.717) is 5.56 Å². The SMILES string of the molecule is CNC(=O)n1ccc(-c2cccc3cc(C(=O)N(C)C)ccc23)cc1=N. The number of carbonyl (C=O) groups excluding carboxylic acids is 2. The van der Waals surface area contributed by atoms with E-state index in [9.17, 15) is 9.59 Å². The summed E-state index contributed by atoms with van der Waals surface area (Å²) < 4.78 is 1.24. The first kappa shape index (κ1) is 17.4. The van der Waals surface area contributed by atoms with Crippen molar-refractivity contribution in [1.29, 1.82) is 5.41 Å². The number of benzene rings is 2. The standard InChI is InChI=1S/C20H20N4O2/c1-22-20(26)24-10-9-14(12-18(24)21)16-6-4-5-13-11-15(7-8-17(13)16)19(25)23(2)3/h4-12,21H,1-3H3,(H,22,26). The lowest BCUT2D eigenvalue weighted by molar-refractivity contribution is 0.0827. The quantitative estimate of drug-likeness (QED) is 0.747. The van der Waals surface area contributed by atoms with Gasteiger partial charge in [0.25, 0.3) is 5.91 Å². The first-order chi connectivity index (χ1) is 12.4. The minimum atomic E-state index is -0.355. The molecule has 0 aliphatic carbocycles. The molecule has 3 aromatic rings. The Bertz CT molecular complexity index is 1070. The molecule has 132 valence electrons. The van der Waals surface area contributed by atoms with Crippen molar-refractivity contribution in [1.82, 2.24) is 14.8 Å². The summed E-state index contributed by atoms with van der Waals surface area (Å²) in [6.07, 6.45) is 1.58.